The van der Waals surface area contributed by atoms with Crippen LogP contribution in [0.1, 0.15) is 33.2 Å². The first kappa shape index (κ1) is 16.0. The second kappa shape index (κ2) is 6.20. The van der Waals surface area contributed by atoms with Gasteiger partial charge in [0.25, 0.3) is 5.91 Å². The Labute approximate surface area is 157 Å². The van der Waals surface area contributed by atoms with Crippen molar-refractivity contribution in [3.8, 4) is 11.5 Å². The van der Waals surface area contributed by atoms with E-state index in [1.54, 1.807) is 6.07 Å². The number of ether oxygens (including phenoxy) is 2. The third kappa shape index (κ3) is 2.67. The summed E-state index contributed by atoms with van der Waals surface area (Å²) in [6.45, 7) is 3.73. The molecule has 5 nitrogen and oxygen atoms in total. The number of amides is 1. The fourth-order valence-corrected chi connectivity index (χ4v) is 3.90. The monoisotopic (exact) mass is 360 g/mol. The van der Waals surface area contributed by atoms with Gasteiger partial charge in [-0.05, 0) is 42.8 Å². The number of rotatable bonds is 2. The van der Waals surface area contributed by atoms with Crippen molar-refractivity contribution in [3.05, 3.63) is 83.2 Å². The highest BCUT2D eigenvalue weighted by Crippen LogP contribution is 2.36. The van der Waals surface area contributed by atoms with E-state index < -0.39 is 0 Å². The highest BCUT2D eigenvalue weighted by Gasteiger charge is 2.33. The van der Waals surface area contributed by atoms with Crippen molar-refractivity contribution in [1.82, 2.24) is 9.47 Å². The van der Waals surface area contributed by atoms with E-state index in [0.717, 1.165) is 17.8 Å². The van der Waals surface area contributed by atoms with Crippen molar-refractivity contribution in [3.63, 3.8) is 0 Å². The van der Waals surface area contributed by atoms with Gasteiger partial charge >= 0.3 is 0 Å². The smallest absolute Gasteiger partial charge is 0.254 e. The van der Waals surface area contributed by atoms with Crippen molar-refractivity contribution in [2.24, 2.45) is 0 Å². The first-order valence-electron chi connectivity index (χ1n) is 9.13. The van der Waals surface area contributed by atoms with Crippen molar-refractivity contribution in [2.75, 3.05) is 13.3 Å². The molecule has 2 aromatic carbocycles. The summed E-state index contributed by atoms with van der Waals surface area (Å²) in [4.78, 5) is 15.4. The molecule has 0 spiro atoms. The fraction of sp³-hybridized carbons (Fsp3) is 0.227. The van der Waals surface area contributed by atoms with Gasteiger partial charge in [-0.2, -0.15) is 0 Å². The molecule has 0 saturated carbocycles. The molecule has 27 heavy (non-hydrogen) atoms. The van der Waals surface area contributed by atoms with Gasteiger partial charge in [0, 0.05) is 30.5 Å². The Hall–Kier alpha value is -3.21. The molecule has 2 aliphatic rings. The second-order valence-electron chi connectivity index (χ2n) is 7.01. The van der Waals surface area contributed by atoms with E-state index in [1.807, 2.05) is 23.1 Å². The maximum absolute atomic E-state index is 13.4. The lowest BCUT2D eigenvalue weighted by Crippen LogP contribution is -2.42. The Bertz CT molecular complexity index is 1010. The summed E-state index contributed by atoms with van der Waals surface area (Å²) in [6, 6.07) is 17.9. The third-order valence-electron chi connectivity index (χ3n) is 5.31. The molecule has 1 amide bonds. The highest BCUT2D eigenvalue weighted by atomic mass is 16.7. The van der Waals surface area contributed by atoms with E-state index in [2.05, 4.69) is 48.0 Å². The van der Waals surface area contributed by atoms with Crippen LogP contribution < -0.4 is 9.47 Å². The van der Waals surface area contributed by atoms with E-state index in [1.165, 1.54) is 5.56 Å². The number of carbonyl (C=O) groups excluding carboxylic acids is 1. The fourth-order valence-electron chi connectivity index (χ4n) is 3.90. The molecule has 1 aromatic heterocycles. The molecular formula is C22H20N2O3. The molecule has 0 N–H and O–H groups in total. The van der Waals surface area contributed by atoms with Crippen molar-refractivity contribution < 1.29 is 14.3 Å². The lowest BCUT2D eigenvalue weighted by Gasteiger charge is -2.37. The molecule has 5 rings (SSSR count). The Morgan fingerprint density at radius 1 is 1.00 bits per heavy atom. The van der Waals surface area contributed by atoms with E-state index in [9.17, 15) is 4.79 Å². The molecule has 5 heteroatoms. The van der Waals surface area contributed by atoms with E-state index in [-0.39, 0.29) is 18.7 Å². The molecule has 0 fully saturated rings. The molecule has 3 heterocycles. The van der Waals surface area contributed by atoms with Crippen LogP contribution in [0.2, 0.25) is 0 Å². The van der Waals surface area contributed by atoms with Crippen LogP contribution in [0.4, 0.5) is 0 Å². The molecule has 0 aliphatic carbocycles. The first-order valence-corrected chi connectivity index (χ1v) is 9.13. The first-order chi connectivity index (χ1) is 13.2. The Kier molecular flexibility index (Phi) is 3.67. The van der Waals surface area contributed by atoms with Gasteiger partial charge in [0.2, 0.25) is 6.79 Å². The molecule has 0 bridgehead atoms. The normalized spacial score (nSPS) is 17.7. The molecule has 0 saturated heterocycles. The minimum absolute atomic E-state index is 0.00586. The highest BCUT2D eigenvalue weighted by molar-refractivity contribution is 5.95. The zero-order chi connectivity index (χ0) is 18.4. The van der Waals surface area contributed by atoms with Gasteiger partial charge in [0.05, 0.1) is 6.04 Å². The molecular weight excluding hydrogens is 340 g/mol. The minimum Gasteiger partial charge on any atom is -0.454 e. The van der Waals surface area contributed by atoms with Crippen molar-refractivity contribution in [2.45, 2.75) is 19.5 Å². The Balaban J connectivity index is 1.55. The van der Waals surface area contributed by atoms with Gasteiger partial charge in [0.1, 0.15) is 0 Å². The summed E-state index contributed by atoms with van der Waals surface area (Å²) in [5.74, 6) is 1.33. The van der Waals surface area contributed by atoms with Crippen LogP contribution in [0.25, 0.3) is 0 Å². The molecule has 0 radical (unpaired) electrons. The number of hydrogen-bond donors (Lipinski definition) is 0. The zero-order valence-electron chi connectivity index (χ0n) is 15.1. The largest absolute Gasteiger partial charge is 0.454 e. The zero-order valence-corrected chi connectivity index (χ0v) is 15.1. The van der Waals surface area contributed by atoms with Crippen LogP contribution in [-0.2, 0) is 6.54 Å². The topological polar surface area (TPSA) is 43.7 Å². The molecule has 3 aromatic rings. The summed E-state index contributed by atoms with van der Waals surface area (Å²) in [5, 5.41) is 0. The SMILES string of the molecule is Cc1ccc(C2c3cccn3CCN2C(=O)c2ccc3c(c2)OCO3)cc1. The summed E-state index contributed by atoms with van der Waals surface area (Å²) in [6.07, 6.45) is 2.08. The second-order valence-corrected chi connectivity index (χ2v) is 7.01. The molecule has 1 atom stereocenters. The Morgan fingerprint density at radius 3 is 2.67 bits per heavy atom. The van der Waals surface area contributed by atoms with Gasteiger partial charge in [0.15, 0.2) is 11.5 Å². The number of aryl methyl sites for hydroxylation is 1. The number of fused-ring (bicyclic) bond motifs is 2. The lowest BCUT2D eigenvalue weighted by atomic mass is 9.98. The average Bonchev–Trinajstić information content (AvgIpc) is 3.35. The predicted octanol–water partition coefficient (Wildman–Crippen LogP) is 3.77. The molecule has 2 aliphatic heterocycles. The van der Waals surface area contributed by atoms with Gasteiger partial charge in [-0.15, -0.1) is 0 Å². The summed E-state index contributed by atoms with van der Waals surface area (Å²) in [7, 11) is 0. The third-order valence-corrected chi connectivity index (χ3v) is 5.31. The van der Waals surface area contributed by atoms with E-state index in [4.69, 9.17) is 9.47 Å². The molecule has 1 unspecified atom stereocenters. The maximum atomic E-state index is 13.4. The van der Waals surface area contributed by atoms with Gasteiger partial charge in [-0.3, -0.25) is 4.79 Å². The van der Waals surface area contributed by atoms with Crippen molar-refractivity contribution >= 4 is 5.91 Å². The predicted molar refractivity (Wildman–Crippen MR) is 101 cm³/mol. The van der Waals surface area contributed by atoms with Crippen LogP contribution in [0.3, 0.4) is 0 Å². The standard InChI is InChI=1S/C22H20N2O3/c1-15-4-6-16(7-5-15)21-18-3-2-10-23(18)11-12-24(21)22(25)17-8-9-19-20(13-17)27-14-26-19/h2-10,13,21H,11-12,14H2,1H3. The van der Waals surface area contributed by atoms with Crippen molar-refractivity contribution in [1.29, 1.82) is 0 Å². The van der Waals surface area contributed by atoms with Crippen LogP contribution in [0, 0.1) is 6.92 Å². The van der Waals surface area contributed by atoms with E-state index in [0.29, 0.717) is 23.6 Å². The van der Waals surface area contributed by atoms with Gasteiger partial charge in [-0.1, -0.05) is 29.8 Å². The number of hydrogen-bond acceptors (Lipinski definition) is 3. The van der Waals surface area contributed by atoms with Gasteiger partial charge in [-0.25, -0.2) is 0 Å². The Morgan fingerprint density at radius 2 is 1.81 bits per heavy atom. The van der Waals surface area contributed by atoms with Crippen LogP contribution >= 0.6 is 0 Å². The summed E-state index contributed by atoms with van der Waals surface area (Å²) >= 11 is 0. The molecule has 136 valence electrons. The maximum Gasteiger partial charge on any atom is 0.254 e. The lowest BCUT2D eigenvalue weighted by molar-refractivity contribution is 0.0663. The van der Waals surface area contributed by atoms with Crippen LogP contribution in [-0.4, -0.2) is 28.7 Å². The van der Waals surface area contributed by atoms with Crippen LogP contribution in [0.15, 0.2) is 60.8 Å². The van der Waals surface area contributed by atoms with Gasteiger partial charge < -0.3 is 18.9 Å². The average molecular weight is 360 g/mol. The number of benzene rings is 2. The number of nitrogens with zero attached hydrogens (tertiary/aromatic N) is 2. The quantitative estimate of drug-likeness (QED) is 0.699. The summed E-state index contributed by atoms with van der Waals surface area (Å²) in [5.41, 5.74) is 4.09. The number of carbonyl (C=O) groups is 1. The van der Waals surface area contributed by atoms with Crippen LogP contribution in [0.5, 0.6) is 11.5 Å². The number of aromatic nitrogens is 1. The summed E-state index contributed by atoms with van der Waals surface area (Å²) < 4.78 is 13.0. The minimum atomic E-state index is -0.104. The van der Waals surface area contributed by atoms with E-state index >= 15 is 0 Å².